The molecule has 0 aliphatic rings. The molecule has 156 valence electrons. The maximum Gasteiger partial charge on any atom is 0.283 e. The standard InChI is InChI=1S/C27H21N3O2/c31-27(30(21-12-6-2-7-13-21)22-14-8-3-9-15-22)26-24-18-23(16-17-25(24)28-29-26)32-19-20-10-4-1-5-11-20/h1-18H,19H2,(H,28,29). The molecule has 5 rings (SSSR count). The number of carbonyl (C=O) groups excluding carboxylic acids is 1. The third-order valence-electron chi connectivity index (χ3n) is 5.22. The second-order valence-electron chi connectivity index (χ2n) is 7.37. The predicted octanol–water partition coefficient (Wildman–Crippen LogP) is 6.12. The van der Waals surface area contributed by atoms with Crippen LogP contribution in [0.25, 0.3) is 10.9 Å². The lowest BCUT2D eigenvalue weighted by atomic mass is 10.1. The van der Waals surface area contributed by atoms with Crippen molar-refractivity contribution in [2.24, 2.45) is 0 Å². The highest BCUT2D eigenvalue weighted by Crippen LogP contribution is 2.30. The van der Waals surface area contributed by atoms with Crippen LogP contribution in [0, 0.1) is 0 Å². The highest BCUT2D eigenvalue weighted by Gasteiger charge is 2.24. The number of benzene rings is 4. The van der Waals surface area contributed by atoms with Crippen LogP contribution in [0.5, 0.6) is 5.75 Å². The van der Waals surface area contributed by atoms with Gasteiger partial charge in [-0.3, -0.25) is 14.8 Å². The van der Waals surface area contributed by atoms with Gasteiger partial charge in [-0.15, -0.1) is 0 Å². The van der Waals surface area contributed by atoms with E-state index in [1.807, 2.05) is 109 Å². The van der Waals surface area contributed by atoms with Crippen LogP contribution < -0.4 is 9.64 Å². The normalized spacial score (nSPS) is 10.8. The van der Waals surface area contributed by atoms with Gasteiger partial charge in [0.2, 0.25) is 0 Å². The third kappa shape index (κ3) is 3.96. The molecule has 0 atom stereocenters. The Morgan fingerprint density at radius 3 is 2.00 bits per heavy atom. The van der Waals surface area contributed by atoms with Crippen molar-refractivity contribution in [3.63, 3.8) is 0 Å². The molecule has 0 saturated carbocycles. The Morgan fingerprint density at radius 1 is 0.781 bits per heavy atom. The summed E-state index contributed by atoms with van der Waals surface area (Å²) >= 11 is 0. The zero-order valence-electron chi connectivity index (χ0n) is 17.3. The minimum Gasteiger partial charge on any atom is -0.489 e. The molecule has 0 aliphatic heterocycles. The fourth-order valence-electron chi connectivity index (χ4n) is 3.63. The maximum absolute atomic E-state index is 13.7. The van der Waals surface area contributed by atoms with Crippen molar-refractivity contribution in [2.75, 3.05) is 4.90 Å². The Morgan fingerprint density at radius 2 is 1.38 bits per heavy atom. The molecule has 0 bridgehead atoms. The Hall–Kier alpha value is -4.38. The first-order chi connectivity index (χ1) is 15.8. The van der Waals surface area contributed by atoms with Gasteiger partial charge in [-0.25, -0.2) is 0 Å². The number of hydrogen-bond acceptors (Lipinski definition) is 3. The molecule has 32 heavy (non-hydrogen) atoms. The van der Waals surface area contributed by atoms with Gasteiger partial charge in [0.1, 0.15) is 12.4 Å². The zero-order valence-corrected chi connectivity index (χ0v) is 17.3. The van der Waals surface area contributed by atoms with Crippen LogP contribution in [0.2, 0.25) is 0 Å². The lowest BCUT2D eigenvalue weighted by Gasteiger charge is -2.22. The summed E-state index contributed by atoms with van der Waals surface area (Å²) in [4.78, 5) is 15.4. The van der Waals surface area contributed by atoms with Crippen LogP contribution in [-0.4, -0.2) is 16.1 Å². The lowest BCUT2D eigenvalue weighted by Crippen LogP contribution is -2.26. The summed E-state index contributed by atoms with van der Waals surface area (Å²) in [5, 5.41) is 8.05. The predicted molar refractivity (Wildman–Crippen MR) is 126 cm³/mol. The highest BCUT2D eigenvalue weighted by molar-refractivity contribution is 6.15. The summed E-state index contributed by atoms with van der Waals surface area (Å²) in [6, 6.07) is 34.8. The van der Waals surface area contributed by atoms with Crippen LogP contribution in [-0.2, 0) is 6.61 Å². The number of fused-ring (bicyclic) bond motifs is 1. The molecular weight excluding hydrogens is 398 g/mol. The number of H-pyrrole nitrogens is 1. The number of nitrogens with zero attached hydrogens (tertiary/aromatic N) is 2. The molecule has 0 spiro atoms. The summed E-state index contributed by atoms with van der Waals surface area (Å²) in [7, 11) is 0. The second kappa shape index (κ2) is 8.78. The van der Waals surface area contributed by atoms with Crippen LogP contribution in [0.3, 0.4) is 0 Å². The van der Waals surface area contributed by atoms with E-state index < -0.39 is 0 Å². The molecule has 5 heteroatoms. The van der Waals surface area contributed by atoms with E-state index >= 15 is 0 Å². The van der Waals surface area contributed by atoms with E-state index in [9.17, 15) is 4.79 Å². The van der Waals surface area contributed by atoms with Crippen molar-refractivity contribution >= 4 is 28.2 Å². The Kier molecular flexibility index (Phi) is 5.37. The van der Waals surface area contributed by atoms with Gasteiger partial charge in [0, 0.05) is 16.8 Å². The fourth-order valence-corrected chi connectivity index (χ4v) is 3.63. The van der Waals surface area contributed by atoms with Gasteiger partial charge in [-0.05, 0) is 48.0 Å². The van der Waals surface area contributed by atoms with E-state index in [1.165, 1.54) is 0 Å². The van der Waals surface area contributed by atoms with Crippen molar-refractivity contribution in [2.45, 2.75) is 6.61 Å². The van der Waals surface area contributed by atoms with Crippen molar-refractivity contribution in [1.29, 1.82) is 0 Å². The van der Waals surface area contributed by atoms with Gasteiger partial charge < -0.3 is 4.74 Å². The van der Waals surface area contributed by atoms with Crippen molar-refractivity contribution < 1.29 is 9.53 Å². The number of amides is 1. The number of aromatic amines is 1. The van der Waals surface area contributed by atoms with Crippen molar-refractivity contribution in [3.05, 3.63) is 120 Å². The Balaban J connectivity index is 1.50. The van der Waals surface area contributed by atoms with Gasteiger partial charge in [0.15, 0.2) is 5.69 Å². The van der Waals surface area contributed by atoms with Gasteiger partial charge in [-0.1, -0.05) is 66.7 Å². The number of hydrogen-bond donors (Lipinski definition) is 1. The first-order valence-electron chi connectivity index (χ1n) is 10.4. The van der Waals surface area contributed by atoms with E-state index in [2.05, 4.69) is 10.2 Å². The lowest BCUT2D eigenvalue weighted by molar-refractivity contribution is 0.0996. The molecule has 1 aromatic heterocycles. The number of nitrogens with one attached hydrogen (secondary N) is 1. The molecule has 5 aromatic rings. The summed E-state index contributed by atoms with van der Waals surface area (Å²) < 4.78 is 5.97. The molecule has 1 N–H and O–H groups in total. The first kappa shape index (κ1) is 19.6. The van der Waals surface area contributed by atoms with E-state index in [0.717, 1.165) is 27.8 Å². The van der Waals surface area contributed by atoms with Crippen LogP contribution in [0.1, 0.15) is 16.1 Å². The minimum atomic E-state index is -0.214. The average molecular weight is 419 g/mol. The Labute approximate surface area is 185 Å². The molecule has 0 saturated heterocycles. The topological polar surface area (TPSA) is 58.2 Å². The number of anilines is 2. The molecule has 5 nitrogen and oxygen atoms in total. The van der Waals surface area contributed by atoms with Crippen LogP contribution >= 0.6 is 0 Å². The van der Waals surface area contributed by atoms with Crippen molar-refractivity contribution in [1.82, 2.24) is 10.2 Å². The van der Waals surface area contributed by atoms with E-state index in [1.54, 1.807) is 4.90 Å². The van der Waals surface area contributed by atoms with Gasteiger partial charge in [0.25, 0.3) is 5.91 Å². The largest absolute Gasteiger partial charge is 0.489 e. The molecule has 1 amide bonds. The molecule has 0 radical (unpaired) electrons. The van der Waals surface area contributed by atoms with Crippen LogP contribution in [0.15, 0.2) is 109 Å². The molecule has 1 heterocycles. The smallest absolute Gasteiger partial charge is 0.283 e. The quantitative estimate of drug-likeness (QED) is 0.361. The van der Waals surface area contributed by atoms with Crippen molar-refractivity contribution in [3.8, 4) is 5.75 Å². The molecular formula is C27H21N3O2. The molecule has 0 aliphatic carbocycles. The monoisotopic (exact) mass is 419 g/mol. The average Bonchev–Trinajstić information content (AvgIpc) is 3.28. The third-order valence-corrected chi connectivity index (χ3v) is 5.22. The van der Waals surface area contributed by atoms with Gasteiger partial charge in [-0.2, -0.15) is 5.10 Å². The Bertz CT molecular complexity index is 1290. The number of aromatic nitrogens is 2. The summed E-state index contributed by atoms with van der Waals surface area (Å²) in [6.45, 7) is 0.452. The van der Waals surface area contributed by atoms with E-state index in [0.29, 0.717) is 18.1 Å². The highest BCUT2D eigenvalue weighted by atomic mass is 16.5. The zero-order chi connectivity index (χ0) is 21.8. The molecule has 4 aromatic carbocycles. The molecule has 0 unspecified atom stereocenters. The van der Waals surface area contributed by atoms with Crippen LogP contribution in [0.4, 0.5) is 11.4 Å². The summed E-state index contributed by atoms with van der Waals surface area (Å²) in [6.07, 6.45) is 0. The minimum absolute atomic E-state index is 0.214. The van der Waals surface area contributed by atoms with E-state index in [-0.39, 0.29) is 5.91 Å². The maximum atomic E-state index is 13.7. The first-order valence-corrected chi connectivity index (χ1v) is 10.4. The number of para-hydroxylation sites is 2. The number of rotatable bonds is 6. The summed E-state index contributed by atoms with van der Waals surface area (Å²) in [5.74, 6) is 0.469. The fraction of sp³-hybridized carbons (Fsp3) is 0.0370. The number of carbonyl (C=O) groups is 1. The van der Waals surface area contributed by atoms with E-state index in [4.69, 9.17) is 4.74 Å². The van der Waals surface area contributed by atoms with Gasteiger partial charge >= 0.3 is 0 Å². The van der Waals surface area contributed by atoms with Gasteiger partial charge in [0.05, 0.1) is 5.52 Å². The second-order valence-corrected chi connectivity index (χ2v) is 7.37. The molecule has 0 fully saturated rings. The number of ether oxygens (including phenoxy) is 1. The SMILES string of the molecule is O=C(c1n[nH]c2ccc(OCc3ccccc3)cc12)N(c1ccccc1)c1ccccc1. The summed E-state index contributed by atoms with van der Waals surface area (Å²) in [5.41, 5.74) is 3.75.